The molecule has 172 valence electrons. The fourth-order valence-electron chi connectivity index (χ4n) is 3.92. The van der Waals surface area contributed by atoms with Crippen LogP contribution in [0.3, 0.4) is 0 Å². The summed E-state index contributed by atoms with van der Waals surface area (Å²) in [5.74, 6) is 1.88. The fraction of sp³-hybridized carbons (Fsp3) is 0.308. The van der Waals surface area contributed by atoms with E-state index in [1.165, 1.54) is 5.56 Å². The molecule has 2 amide bonds. The second kappa shape index (κ2) is 11.3. The molecule has 1 aliphatic heterocycles. The fourth-order valence-corrected chi connectivity index (χ4v) is 3.92. The van der Waals surface area contributed by atoms with Crippen LogP contribution < -0.4 is 20.3 Å². The lowest BCUT2D eigenvalue weighted by molar-refractivity contribution is 0.249. The number of urea groups is 1. The predicted molar refractivity (Wildman–Crippen MR) is 132 cm³/mol. The first kappa shape index (κ1) is 22.6. The molecule has 2 N–H and O–H groups in total. The largest absolute Gasteiger partial charge is 0.497 e. The maximum Gasteiger partial charge on any atom is 0.319 e. The Morgan fingerprint density at radius 2 is 1.67 bits per heavy atom. The molecule has 0 radical (unpaired) electrons. The molecule has 0 unspecified atom stereocenters. The Bertz CT molecular complexity index is 1000. The van der Waals surface area contributed by atoms with E-state index in [1.807, 2.05) is 54.7 Å². The Balaban J connectivity index is 1.17. The van der Waals surface area contributed by atoms with Crippen LogP contribution >= 0.6 is 0 Å². The molecule has 7 heteroatoms. The van der Waals surface area contributed by atoms with Crippen LogP contribution in [0.5, 0.6) is 5.75 Å². The van der Waals surface area contributed by atoms with Crippen LogP contribution in [-0.4, -0.2) is 55.7 Å². The number of benzene rings is 2. The molecular weight excluding hydrogens is 414 g/mol. The first-order valence-corrected chi connectivity index (χ1v) is 11.3. The topological polar surface area (TPSA) is 69.7 Å². The van der Waals surface area contributed by atoms with E-state index in [0.717, 1.165) is 62.0 Å². The van der Waals surface area contributed by atoms with Gasteiger partial charge in [0.25, 0.3) is 0 Å². The summed E-state index contributed by atoms with van der Waals surface area (Å²) in [7, 11) is 1.65. The van der Waals surface area contributed by atoms with E-state index < -0.39 is 0 Å². The van der Waals surface area contributed by atoms with E-state index in [9.17, 15) is 4.79 Å². The SMILES string of the molecule is COc1ccc(CCNC(=O)Nc2ccc(CN3CCN(c4ccccn4)CC3)cc2)cc1. The lowest BCUT2D eigenvalue weighted by atomic mass is 10.1. The van der Waals surface area contributed by atoms with Gasteiger partial charge in [0, 0.05) is 51.2 Å². The third-order valence-electron chi connectivity index (χ3n) is 5.82. The van der Waals surface area contributed by atoms with Crippen molar-refractivity contribution >= 4 is 17.5 Å². The summed E-state index contributed by atoms with van der Waals surface area (Å²) in [6, 6.07) is 21.8. The van der Waals surface area contributed by atoms with E-state index in [2.05, 4.69) is 43.6 Å². The lowest BCUT2D eigenvalue weighted by Crippen LogP contribution is -2.46. The summed E-state index contributed by atoms with van der Waals surface area (Å²) < 4.78 is 5.16. The van der Waals surface area contributed by atoms with Crippen LogP contribution in [-0.2, 0) is 13.0 Å². The van der Waals surface area contributed by atoms with Gasteiger partial charge in [0.15, 0.2) is 0 Å². The monoisotopic (exact) mass is 445 g/mol. The Morgan fingerprint density at radius 3 is 2.33 bits per heavy atom. The average molecular weight is 446 g/mol. The van der Waals surface area contributed by atoms with Crippen molar-refractivity contribution in [1.82, 2.24) is 15.2 Å². The molecule has 0 atom stereocenters. The molecule has 1 aromatic heterocycles. The predicted octanol–water partition coefficient (Wildman–Crippen LogP) is 3.78. The molecular formula is C26H31N5O2. The van der Waals surface area contributed by atoms with Crippen LogP contribution in [0.2, 0.25) is 0 Å². The molecule has 2 aromatic carbocycles. The van der Waals surface area contributed by atoms with E-state index in [-0.39, 0.29) is 6.03 Å². The van der Waals surface area contributed by atoms with E-state index in [1.54, 1.807) is 7.11 Å². The van der Waals surface area contributed by atoms with Gasteiger partial charge in [0.05, 0.1) is 7.11 Å². The number of carbonyl (C=O) groups excluding carboxylic acids is 1. The van der Waals surface area contributed by atoms with Crippen molar-refractivity contribution in [2.45, 2.75) is 13.0 Å². The molecule has 0 bridgehead atoms. The minimum atomic E-state index is -0.193. The third-order valence-corrected chi connectivity index (χ3v) is 5.82. The molecule has 2 heterocycles. The van der Waals surface area contributed by atoms with Gasteiger partial charge in [-0.3, -0.25) is 4.90 Å². The summed E-state index contributed by atoms with van der Waals surface area (Å²) in [6.45, 7) is 5.45. The number of rotatable bonds is 8. The van der Waals surface area contributed by atoms with Gasteiger partial charge in [-0.25, -0.2) is 9.78 Å². The van der Waals surface area contributed by atoms with Gasteiger partial charge in [-0.15, -0.1) is 0 Å². The normalized spacial score (nSPS) is 14.0. The zero-order valence-electron chi connectivity index (χ0n) is 19.0. The van der Waals surface area contributed by atoms with Crippen molar-refractivity contribution in [3.05, 3.63) is 84.1 Å². The van der Waals surface area contributed by atoms with Crippen LogP contribution in [0.4, 0.5) is 16.3 Å². The van der Waals surface area contributed by atoms with Crippen molar-refractivity contribution in [2.75, 3.05) is 50.1 Å². The maximum atomic E-state index is 12.2. The smallest absolute Gasteiger partial charge is 0.319 e. The number of anilines is 2. The van der Waals surface area contributed by atoms with Gasteiger partial charge in [-0.05, 0) is 53.9 Å². The summed E-state index contributed by atoms with van der Waals surface area (Å²) in [5.41, 5.74) is 3.19. The molecule has 3 aromatic rings. The second-order valence-corrected chi connectivity index (χ2v) is 8.13. The molecule has 0 saturated carbocycles. The average Bonchev–Trinajstić information content (AvgIpc) is 2.87. The number of amides is 2. The Kier molecular flexibility index (Phi) is 7.76. The van der Waals surface area contributed by atoms with Crippen molar-refractivity contribution in [2.24, 2.45) is 0 Å². The Morgan fingerprint density at radius 1 is 0.939 bits per heavy atom. The first-order chi connectivity index (χ1) is 16.2. The van der Waals surface area contributed by atoms with Gasteiger partial charge in [0.2, 0.25) is 0 Å². The highest BCUT2D eigenvalue weighted by Gasteiger charge is 2.17. The molecule has 1 aliphatic rings. The first-order valence-electron chi connectivity index (χ1n) is 11.3. The van der Waals surface area contributed by atoms with E-state index >= 15 is 0 Å². The van der Waals surface area contributed by atoms with Crippen molar-refractivity contribution < 1.29 is 9.53 Å². The number of ether oxygens (including phenoxy) is 1. The number of methoxy groups -OCH3 is 1. The van der Waals surface area contributed by atoms with Crippen LogP contribution in [0.15, 0.2) is 72.9 Å². The highest BCUT2D eigenvalue weighted by atomic mass is 16.5. The van der Waals surface area contributed by atoms with Crippen LogP contribution in [0.25, 0.3) is 0 Å². The zero-order valence-corrected chi connectivity index (χ0v) is 19.0. The summed E-state index contributed by atoms with van der Waals surface area (Å²) in [5, 5.41) is 5.81. The van der Waals surface area contributed by atoms with Crippen molar-refractivity contribution in [3.8, 4) is 5.75 Å². The highest BCUT2D eigenvalue weighted by molar-refractivity contribution is 5.89. The maximum absolute atomic E-state index is 12.2. The molecule has 0 aliphatic carbocycles. The number of hydrogen-bond donors (Lipinski definition) is 2. The van der Waals surface area contributed by atoms with Crippen molar-refractivity contribution in [1.29, 1.82) is 0 Å². The second-order valence-electron chi connectivity index (χ2n) is 8.13. The number of nitrogens with one attached hydrogen (secondary N) is 2. The molecule has 4 rings (SSSR count). The quantitative estimate of drug-likeness (QED) is 0.552. The molecule has 1 fully saturated rings. The summed E-state index contributed by atoms with van der Waals surface area (Å²) >= 11 is 0. The lowest BCUT2D eigenvalue weighted by Gasteiger charge is -2.35. The standard InChI is InChI=1S/C26H31N5O2/c1-33-24-11-7-21(8-12-24)13-15-28-26(32)29-23-9-5-22(6-10-23)20-30-16-18-31(19-17-30)25-4-2-3-14-27-25/h2-12,14H,13,15-20H2,1H3,(H2,28,29,32). The summed E-state index contributed by atoms with van der Waals surface area (Å²) in [4.78, 5) is 21.4. The number of pyridine rings is 1. The summed E-state index contributed by atoms with van der Waals surface area (Å²) in [6.07, 6.45) is 2.61. The minimum Gasteiger partial charge on any atom is -0.497 e. The van der Waals surface area contributed by atoms with Gasteiger partial charge in [-0.2, -0.15) is 0 Å². The van der Waals surface area contributed by atoms with Crippen molar-refractivity contribution in [3.63, 3.8) is 0 Å². The van der Waals surface area contributed by atoms with E-state index in [4.69, 9.17) is 4.74 Å². The highest BCUT2D eigenvalue weighted by Crippen LogP contribution is 2.16. The van der Waals surface area contributed by atoms with Gasteiger partial charge >= 0.3 is 6.03 Å². The number of carbonyl (C=O) groups is 1. The Hall–Kier alpha value is -3.58. The molecule has 7 nitrogen and oxygen atoms in total. The molecule has 0 spiro atoms. The van der Waals surface area contributed by atoms with Gasteiger partial charge in [0.1, 0.15) is 11.6 Å². The third kappa shape index (κ3) is 6.70. The number of piperazine rings is 1. The van der Waals surface area contributed by atoms with Gasteiger partial charge < -0.3 is 20.3 Å². The minimum absolute atomic E-state index is 0.193. The number of nitrogens with zero attached hydrogens (tertiary/aromatic N) is 3. The van der Waals surface area contributed by atoms with Crippen LogP contribution in [0, 0.1) is 0 Å². The van der Waals surface area contributed by atoms with Gasteiger partial charge in [-0.1, -0.05) is 30.3 Å². The molecule has 1 saturated heterocycles. The molecule has 33 heavy (non-hydrogen) atoms. The Labute approximate surface area is 195 Å². The zero-order chi connectivity index (χ0) is 22.9. The number of aromatic nitrogens is 1. The van der Waals surface area contributed by atoms with Crippen LogP contribution in [0.1, 0.15) is 11.1 Å². The van der Waals surface area contributed by atoms with E-state index in [0.29, 0.717) is 6.54 Å². The number of hydrogen-bond acceptors (Lipinski definition) is 5.